The monoisotopic (exact) mass is 441 g/mol. The lowest BCUT2D eigenvalue weighted by molar-refractivity contribution is 0.0686. The molecule has 150 valence electrons. The van der Waals surface area contributed by atoms with E-state index in [1.807, 2.05) is 43.3 Å². The van der Waals surface area contributed by atoms with Crippen LogP contribution in [0.2, 0.25) is 5.02 Å². The molecule has 0 fully saturated rings. The lowest BCUT2D eigenvalue weighted by Gasteiger charge is -2.14. The van der Waals surface area contributed by atoms with Crippen LogP contribution in [0.4, 0.5) is 0 Å². The zero-order chi connectivity index (χ0) is 20.4. The minimum Gasteiger partial charge on any atom is -0.492 e. The maximum atomic E-state index is 6.30. The first-order valence-corrected chi connectivity index (χ1v) is 9.80. The summed E-state index contributed by atoms with van der Waals surface area (Å²) in [5.74, 6) is 1.24. The highest BCUT2D eigenvalue weighted by Gasteiger charge is 2.09. The van der Waals surface area contributed by atoms with Gasteiger partial charge in [-0.1, -0.05) is 71.7 Å². The lowest BCUT2D eigenvalue weighted by atomic mass is 10.2. The number of rotatable bonds is 11. The van der Waals surface area contributed by atoms with Gasteiger partial charge in [0.05, 0.1) is 23.9 Å². The summed E-state index contributed by atoms with van der Waals surface area (Å²) < 4.78 is 11.5. The Morgan fingerprint density at radius 3 is 2.54 bits per heavy atom. The van der Waals surface area contributed by atoms with Gasteiger partial charge in [-0.3, -0.25) is 10.3 Å². The van der Waals surface area contributed by atoms with Gasteiger partial charge < -0.3 is 9.47 Å². The summed E-state index contributed by atoms with van der Waals surface area (Å²) in [7, 11) is 0. The van der Waals surface area contributed by atoms with E-state index < -0.39 is 0 Å². The van der Waals surface area contributed by atoms with Gasteiger partial charge in [0.1, 0.15) is 22.6 Å². The Morgan fingerprint density at radius 1 is 1.11 bits per heavy atom. The molecule has 0 amide bonds. The molecule has 28 heavy (non-hydrogen) atoms. The van der Waals surface area contributed by atoms with Crippen molar-refractivity contribution in [3.05, 3.63) is 75.8 Å². The Kier molecular flexibility index (Phi) is 9.51. The van der Waals surface area contributed by atoms with E-state index in [2.05, 4.69) is 12.1 Å². The van der Waals surface area contributed by atoms with Crippen molar-refractivity contribution in [3.8, 4) is 11.5 Å². The van der Waals surface area contributed by atoms with Gasteiger partial charge in [-0.2, -0.15) is 0 Å². The van der Waals surface area contributed by atoms with Crippen LogP contribution in [0.15, 0.2) is 59.6 Å². The molecule has 0 atom stereocenters. The van der Waals surface area contributed by atoms with Crippen molar-refractivity contribution in [1.29, 1.82) is 0 Å². The summed E-state index contributed by atoms with van der Waals surface area (Å²) >= 11 is 17.4. The van der Waals surface area contributed by atoms with Crippen LogP contribution in [0, 0.1) is 6.92 Å². The van der Waals surface area contributed by atoms with Crippen LogP contribution < -0.4 is 15.0 Å². The molecule has 0 saturated carbocycles. The SMILES string of the molecule is C=C(NOCCCOc1c(C)cc(OCC=C(Cl)Cl)cc1Cl)c1ccccc1. The second-order valence-electron chi connectivity index (χ2n) is 5.85. The van der Waals surface area contributed by atoms with Crippen LogP contribution in [-0.4, -0.2) is 19.8 Å². The molecule has 0 unspecified atom stereocenters. The smallest absolute Gasteiger partial charge is 0.141 e. The molecular formula is C21H22Cl3NO3. The van der Waals surface area contributed by atoms with Crippen molar-refractivity contribution >= 4 is 40.5 Å². The molecule has 2 rings (SSSR count). The Labute approximate surface area is 180 Å². The molecule has 0 aliphatic carbocycles. The first-order chi connectivity index (χ1) is 13.5. The highest BCUT2D eigenvalue weighted by molar-refractivity contribution is 6.55. The first kappa shape index (κ1) is 22.4. The molecule has 1 N–H and O–H groups in total. The second kappa shape index (κ2) is 11.9. The van der Waals surface area contributed by atoms with Gasteiger partial charge in [-0.25, -0.2) is 0 Å². The Morgan fingerprint density at radius 2 is 1.86 bits per heavy atom. The maximum Gasteiger partial charge on any atom is 0.141 e. The average molecular weight is 443 g/mol. The van der Waals surface area contributed by atoms with E-state index in [9.17, 15) is 0 Å². The summed E-state index contributed by atoms with van der Waals surface area (Å²) in [4.78, 5) is 5.42. The minimum absolute atomic E-state index is 0.159. The topological polar surface area (TPSA) is 39.7 Å². The van der Waals surface area contributed by atoms with E-state index in [-0.39, 0.29) is 11.1 Å². The number of ether oxygens (including phenoxy) is 2. The fourth-order valence-corrected chi connectivity index (χ4v) is 2.75. The predicted molar refractivity (Wildman–Crippen MR) is 116 cm³/mol. The van der Waals surface area contributed by atoms with Crippen molar-refractivity contribution in [3.63, 3.8) is 0 Å². The van der Waals surface area contributed by atoms with E-state index >= 15 is 0 Å². The quantitative estimate of drug-likeness (QED) is 0.327. The van der Waals surface area contributed by atoms with Crippen LogP contribution in [0.5, 0.6) is 11.5 Å². The first-order valence-electron chi connectivity index (χ1n) is 8.66. The third-order valence-corrected chi connectivity index (χ3v) is 4.23. The molecule has 0 aliphatic rings. The van der Waals surface area contributed by atoms with Gasteiger partial charge in [0.2, 0.25) is 0 Å². The normalized spacial score (nSPS) is 10.3. The summed E-state index contributed by atoms with van der Waals surface area (Å²) in [6.07, 6.45) is 2.24. The molecule has 4 nitrogen and oxygen atoms in total. The molecule has 0 spiro atoms. The number of benzene rings is 2. The number of halogens is 3. The molecule has 7 heteroatoms. The second-order valence-corrected chi connectivity index (χ2v) is 7.27. The molecule has 0 aromatic heterocycles. The molecule has 0 saturated heterocycles. The summed E-state index contributed by atoms with van der Waals surface area (Å²) in [5, 5.41) is 0.479. The highest BCUT2D eigenvalue weighted by Crippen LogP contribution is 2.33. The zero-order valence-electron chi connectivity index (χ0n) is 15.5. The largest absolute Gasteiger partial charge is 0.492 e. The molecule has 2 aromatic carbocycles. The van der Waals surface area contributed by atoms with E-state index in [1.54, 1.807) is 12.1 Å². The molecule has 0 heterocycles. The molecule has 0 radical (unpaired) electrons. The van der Waals surface area contributed by atoms with Crippen LogP contribution in [-0.2, 0) is 4.84 Å². The minimum atomic E-state index is 0.159. The van der Waals surface area contributed by atoms with E-state index in [0.29, 0.717) is 41.9 Å². The summed E-state index contributed by atoms with van der Waals surface area (Å²) in [6.45, 7) is 7.03. The van der Waals surface area contributed by atoms with Gasteiger partial charge in [0.15, 0.2) is 0 Å². The van der Waals surface area contributed by atoms with Crippen LogP contribution in [0.1, 0.15) is 17.5 Å². The van der Waals surface area contributed by atoms with Gasteiger partial charge in [-0.15, -0.1) is 0 Å². The van der Waals surface area contributed by atoms with Gasteiger partial charge in [-0.05, 0) is 30.2 Å². The van der Waals surface area contributed by atoms with Gasteiger partial charge in [0.25, 0.3) is 0 Å². The molecular weight excluding hydrogens is 421 g/mol. The Hall–Kier alpha value is -1.85. The van der Waals surface area contributed by atoms with Crippen molar-refractivity contribution in [2.45, 2.75) is 13.3 Å². The number of aryl methyl sites for hydroxylation is 1. The van der Waals surface area contributed by atoms with Crippen LogP contribution >= 0.6 is 34.8 Å². The van der Waals surface area contributed by atoms with E-state index in [1.165, 1.54) is 0 Å². The zero-order valence-corrected chi connectivity index (χ0v) is 17.8. The molecule has 0 aliphatic heterocycles. The number of hydroxylamine groups is 1. The third-order valence-electron chi connectivity index (χ3n) is 3.65. The van der Waals surface area contributed by atoms with Crippen molar-refractivity contribution < 1.29 is 14.3 Å². The standard InChI is InChI=1S/C21H22Cl3NO3/c1-15-13-18(26-12-9-20(23)24)14-19(22)21(15)27-10-6-11-28-25-16(2)17-7-4-3-5-8-17/h3-5,7-9,13-14,25H,2,6,10-12H2,1H3. The number of hydrogen-bond acceptors (Lipinski definition) is 4. The van der Waals surface area contributed by atoms with Gasteiger partial charge in [0, 0.05) is 12.5 Å². The van der Waals surface area contributed by atoms with Crippen molar-refractivity contribution in [1.82, 2.24) is 5.48 Å². The number of nitrogens with one attached hydrogen (secondary N) is 1. The van der Waals surface area contributed by atoms with Crippen molar-refractivity contribution in [2.75, 3.05) is 19.8 Å². The van der Waals surface area contributed by atoms with E-state index in [4.69, 9.17) is 49.1 Å². The predicted octanol–water partition coefficient (Wildman–Crippen LogP) is 6.31. The van der Waals surface area contributed by atoms with E-state index in [0.717, 1.165) is 11.1 Å². The fourth-order valence-electron chi connectivity index (χ4n) is 2.31. The molecule has 0 bridgehead atoms. The van der Waals surface area contributed by atoms with Crippen LogP contribution in [0.25, 0.3) is 5.70 Å². The maximum absolute atomic E-state index is 6.30. The lowest BCUT2D eigenvalue weighted by Crippen LogP contribution is -2.15. The average Bonchev–Trinajstić information content (AvgIpc) is 2.66. The third kappa shape index (κ3) is 7.64. The Balaban J connectivity index is 1.72. The van der Waals surface area contributed by atoms with Crippen molar-refractivity contribution in [2.24, 2.45) is 0 Å². The number of hydrogen-bond donors (Lipinski definition) is 1. The van der Waals surface area contributed by atoms with Gasteiger partial charge >= 0.3 is 0 Å². The van der Waals surface area contributed by atoms with Crippen LogP contribution in [0.3, 0.4) is 0 Å². The summed E-state index contributed by atoms with van der Waals surface area (Å²) in [6, 6.07) is 13.3. The molecule has 2 aromatic rings. The Bertz CT molecular complexity index is 783. The highest BCUT2D eigenvalue weighted by atomic mass is 35.5. The fraction of sp³-hybridized carbons (Fsp3) is 0.238. The summed E-state index contributed by atoms with van der Waals surface area (Å²) in [5.41, 5.74) is 5.40.